The Labute approximate surface area is 157 Å². The number of ether oxygens (including phenoxy) is 1. The molecule has 0 aromatic heterocycles. The third kappa shape index (κ3) is 5.30. The number of amides is 1. The van der Waals surface area contributed by atoms with Crippen LogP contribution in [0.2, 0.25) is 0 Å². The van der Waals surface area contributed by atoms with Crippen molar-refractivity contribution in [3.63, 3.8) is 0 Å². The summed E-state index contributed by atoms with van der Waals surface area (Å²) in [5.74, 6) is -0.227. The molecule has 7 heteroatoms. The van der Waals surface area contributed by atoms with Crippen LogP contribution in [0.3, 0.4) is 0 Å². The number of allylic oxidation sites excluding steroid dienone is 1. The van der Waals surface area contributed by atoms with E-state index in [1.807, 2.05) is 18.7 Å². The molecule has 1 N–H and O–H groups in total. The zero-order valence-corrected chi connectivity index (χ0v) is 16.1. The predicted molar refractivity (Wildman–Crippen MR) is 99.5 cm³/mol. The van der Waals surface area contributed by atoms with Gasteiger partial charge in [-0.3, -0.25) is 14.4 Å². The average Bonchev–Trinajstić information content (AvgIpc) is 3.09. The van der Waals surface area contributed by atoms with Crippen LogP contribution in [0.1, 0.15) is 52.4 Å². The van der Waals surface area contributed by atoms with Gasteiger partial charge in [0.1, 0.15) is 5.78 Å². The third-order valence-electron chi connectivity index (χ3n) is 4.61. The number of esters is 1. The summed E-state index contributed by atoms with van der Waals surface area (Å²) in [6.07, 6.45) is 2.77. The van der Waals surface area contributed by atoms with Crippen LogP contribution in [0, 0.1) is 0 Å². The highest BCUT2D eigenvalue weighted by molar-refractivity contribution is 8.00. The first-order chi connectivity index (χ1) is 12.3. The summed E-state index contributed by atoms with van der Waals surface area (Å²) in [5.41, 5.74) is 2.05. The number of hydrogen-bond acceptors (Lipinski definition) is 6. The third-order valence-corrected chi connectivity index (χ3v) is 6.03. The van der Waals surface area contributed by atoms with E-state index < -0.39 is 11.8 Å². The molecular formula is C19H25NO5S. The lowest BCUT2D eigenvalue weighted by Crippen LogP contribution is -2.28. The molecule has 0 aromatic carbocycles. The maximum Gasteiger partial charge on any atom is 0.311 e. The first kappa shape index (κ1) is 20.4. The fraction of sp³-hybridized carbons (Fsp3) is 0.579. The SMILES string of the molecule is C=C(OC(=O)CCCCC1SCC2NC(=O)C(C)=C21)C(=O)CCC(C)=O. The van der Waals surface area contributed by atoms with Crippen LogP contribution >= 0.6 is 11.8 Å². The molecule has 0 aromatic rings. The number of rotatable bonds is 10. The van der Waals surface area contributed by atoms with E-state index in [2.05, 4.69) is 11.9 Å². The molecular weight excluding hydrogens is 354 g/mol. The van der Waals surface area contributed by atoms with E-state index in [0.29, 0.717) is 11.7 Å². The quantitative estimate of drug-likeness (QED) is 0.271. The number of ketones is 2. The molecule has 2 aliphatic rings. The summed E-state index contributed by atoms with van der Waals surface area (Å²) in [6, 6.07) is 0.173. The summed E-state index contributed by atoms with van der Waals surface area (Å²) < 4.78 is 4.95. The standard InChI is InChI=1S/C19H25NO5S/c1-11(21)8-9-15(22)13(3)25-17(23)7-5-4-6-16-18-12(2)19(24)20-14(18)10-26-16/h14,16H,3-10H2,1-2H3,(H,20,24). The van der Waals surface area contributed by atoms with Crippen LogP contribution in [-0.2, 0) is 23.9 Å². The van der Waals surface area contributed by atoms with Crippen LogP contribution in [-0.4, -0.2) is 40.5 Å². The fourth-order valence-corrected chi connectivity index (χ4v) is 4.69. The molecule has 142 valence electrons. The van der Waals surface area contributed by atoms with Crippen LogP contribution in [0.15, 0.2) is 23.5 Å². The molecule has 0 saturated carbocycles. The van der Waals surface area contributed by atoms with Crippen molar-refractivity contribution in [1.82, 2.24) is 5.32 Å². The first-order valence-electron chi connectivity index (χ1n) is 8.85. The summed E-state index contributed by atoms with van der Waals surface area (Å²) in [6.45, 7) is 6.74. The van der Waals surface area contributed by atoms with Crippen molar-refractivity contribution in [2.45, 2.75) is 63.7 Å². The summed E-state index contributed by atoms with van der Waals surface area (Å²) in [5, 5.41) is 3.31. The van der Waals surface area contributed by atoms with Crippen molar-refractivity contribution in [2.75, 3.05) is 5.75 Å². The second-order valence-corrected chi connectivity index (χ2v) is 7.93. The van der Waals surface area contributed by atoms with Gasteiger partial charge in [0.15, 0.2) is 11.5 Å². The van der Waals surface area contributed by atoms with Crippen molar-refractivity contribution >= 4 is 35.2 Å². The first-order valence-corrected chi connectivity index (χ1v) is 9.89. The molecule has 1 saturated heterocycles. The molecule has 6 nitrogen and oxygen atoms in total. The zero-order chi connectivity index (χ0) is 19.3. The molecule has 0 radical (unpaired) electrons. The zero-order valence-electron chi connectivity index (χ0n) is 15.3. The predicted octanol–water partition coefficient (Wildman–Crippen LogP) is 2.47. The number of unbranched alkanes of at least 4 members (excludes halogenated alkanes) is 1. The summed E-state index contributed by atoms with van der Waals surface area (Å²) in [4.78, 5) is 46.0. The Bertz CT molecular complexity index is 667. The van der Waals surface area contributed by atoms with E-state index >= 15 is 0 Å². The molecule has 0 bridgehead atoms. The van der Waals surface area contributed by atoms with Gasteiger partial charge in [-0.05, 0) is 32.3 Å². The summed E-state index contributed by atoms with van der Waals surface area (Å²) >= 11 is 1.85. The van der Waals surface area contributed by atoms with E-state index in [-0.39, 0.29) is 42.8 Å². The van der Waals surface area contributed by atoms with Gasteiger partial charge >= 0.3 is 5.97 Å². The molecule has 2 unspecified atom stereocenters. The minimum Gasteiger partial charge on any atom is -0.423 e. The van der Waals surface area contributed by atoms with E-state index in [4.69, 9.17) is 4.74 Å². The van der Waals surface area contributed by atoms with Crippen molar-refractivity contribution in [2.24, 2.45) is 0 Å². The smallest absolute Gasteiger partial charge is 0.311 e. The molecule has 1 amide bonds. The van der Waals surface area contributed by atoms with Crippen molar-refractivity contribution < 1.29 is 23.9 Å². The van der Waals surface area contributed by atoms with Crippen molar-refractivity contribution in [3.8, 4) is 0 Å². The number of hydrogen-bond donors (Lipinski definition) is 1. The number of Topliss-reactive ketones (excluding diaryl/α,β-unsaturated/α-hetero) is 2. The lowest BCUT2D eigenvalue weighted by Gasteiger charge is -2.12. The monoisotopic (exact) mass is 379 g/mol. The van der Waals surface area contributed by atoms with Gasteiger partial charge in [0.25, 0.3) is 0 Å². The normalized spacial score (nSPS) is 21.4. The van der Waals surface area contributed by atoms with Gasteiger partial charge in [0.05, 0.1) is 6.04 Å². The van der Waals surface area contributed by atoms with Crippen molar-refractivity contribution in [3.05, 3.63) is 23.5 Å². The Morgan fingerprint density at radius 2 is 1.96 bits per heavy atom. The fourth-order valence-electron chi connectivity index (χ4n) is 3.15. The number of fused-ring (bicyclic) bond motifs is 1. The molecule has 26 heavy (non-hydrogen) atoms. The topological polar surface area (TPSA) is 89.5 Å². The minimum absolute atomic E-state index is 0.0166. The highest BCUT2D eigenvalue weighted by Gasteiger charge is 2.38. The van der Waals surface area contributed by atoms with Gasteiger partial charge in [-0.2, -0.15) is 11.8 Å². The minimum atomic E-state index is -0.476. The maximum absolute atomic E-state index is 11.8. The molecule has 2 atom stereocenters. The van der Waals surface area contributed by atoms with Crippen LogP contribution < -0.4 is 5.32 Å². The largest absolute Gasteiger partial charge is 0.423 e. The van der Waals surface area contributed by atoms with Gasteiger partial charge in [0.2, 0.25) is 5.91 Å². The Hall–Kier alpha value is -1.89. The molecule has 2 heterocycles. The lowest BCUT2D eigenvalue weighted by molar-refractivity contribution is -0.142. The number of thioether (sulfide) groups is 1. The Morgan fingerprint density at radius 1 is 1.23 bits per heavy atom. The van der Waals surface area contributed by atoms with E-state index in [0.717, 1.165) is 24.2 Å². The Kier molecular flexibility index (Phi) is 7.20. The summed E-state index contributed by atoms with van der Waals surface area (Å²) in [7, 11) is 0. The Balaban J connectivity index is 1.66. The van der Waals surface area contributed by atoms with Crippen LogP contribution in [0.5, 0.6) is 0 Å². The van der Waals surface area contributed by atoms with Crippen molar-refractivity contribution in [1.29, 1.82) is 0 Å². The second-order valence-electron chi connectivity index (χ2n) is 6.70. The number of carbonyl (C=O) groups excluding carboxylic acids is 4. The average molecular weight is 379 g/mol. The number of carbonyl (C=O) groups is 4. The van der Waals surface area contributed by atoms with Crippen LogP contribution in [0.25, 0.3) is 0 Å². The molecule has 0 spiro atoms. The highest BCUT2D eigenvalue weighted by Crippen LogP contribution is 2.40. The highest BCUT2D eigenvalue weighted by atomic mass is 32.2. The van der Waals surface area contributed by atoms with E-state index in [9.17, 15) is 19.2 Å². The van der Waals surface area contributed by atoms with Crippen LogP contribution in [0.4, 0.5) is 0 Å². The second kappa shape index (κ2) is 9.16. The molecule has 1 fully saturated rings. The molecule has 2 rings (SSSR count). The van der Waals surface area contributed by atoms with Gasteiger partial charge in [-0.15, -0.1) is 0 Å². The number of nitrogens with one attached hydrogen (secondary N) is 1. The van der Waals surface area contributed by atoms with Gasteiger partial charge in [-0.25, -0.2) is 0 Å². The maximum atomic E-state index is 11.8. The molecule has 0 aliphatic carbocycles. The van der Waals surface area contributed by atoms with Gasteiger partial charge in [-0.1, -0.05) is 13.0 Å². The van der Waals surface area contributed by atoms with E-state index in [1.165, 1.54) is 12.5 Å². The van der Waals surface area contributed by atoms with Gasteiger partial charge in [0, 0.05) is 35.8 Å². The molecule has 2 aliphatic heterocycles. The Morgan fingerprint density at radius 3 is 2.65 bits per heavy atom. The lowest BCUT2D eigenvalue weighted by atomic mass is 9.99. The van der Waals surface area contributed by atoms with E-state index in [1.54, 1.807) is 0 Å². The van der Waals surface area contributed by atoms with Gasteiger partial charge < -0.3 is 14.8 Å².